The van der Waals surface area contributed by atoms with E-state index in [0.717, 1.165) is 0 Å². The van der Waals surface area contributed by atoms with Crippen LogP contribution in [0.25, 0.3) is 0 Å². The van der Waals surface area contributed by atoms with E-state index < -0.39 is 65.2 Å². The SMILES string of the molecule is C[C@H](NC(=O)[C@@H](Cc1ccc(OC(=O)OC(C)(C)C)cc1)NC(=O)OC(C)(C)C)C(=O)NCC(=O)N1CCC[C@@H]1C(N)=O. The van der Waals surface area contributed by atoms with Gasteiger partial charge in [-0.1, -0.05) is 12.1 Å². The van der Waals surface area contributed by atoms with Gasteiger partial charge in [-0.25, -0.2) is 9.59 Å². The monoisotopic (exact) mass is 605 g/mol. The molecule has 0 aliphatic carbocycles. The number of nitrogens with zero attached hydrogens (tertiary/aromatic N) is 1. The summed E-state index contributed by atoms with van der Waals surface area (Å²) >= 11 is 0. The number of hydrogen-bond donors (Lipinski definition) is 4. The van der Waals surface area contributed by atoms with Crippen molar-refractivity contribution in [3.8, 4) is 5.75 Å². The third-order valence-electron chi connectivity index (χ3n) is 6.03. The maximum Gasteiger partial charge on any atom is 0.514 e. The highest BCUT2D eigenvalue weighted by molar-refractivity contribution is 5.94. The Bertz CT molecular complexity index is 1190. The van der Waals surface area contributed by atoms with E-state index >= 15 is 0 Å². The van der Waals surface area contributed by atoms with Gasteiger partial charge in [0.05, 0.1) is 6.54 Å². The van der Waals surface area contributed by atoms with Crippen molar-refractivity contribution < 1.29 is 43.0 Å². The minimum atomic E-state index is -1.15. The van der Waals surface area contributed by atoms with Gasteiger partial charge >= 0.3 is 12.2 Å². The second-order valence-electron chi connectivity index (χ2n) is 12.2. The number of nitrogens with two attached hydrogens (primary N) is 1. The van der Waals surface area contributed by atoms with Crippen molar-refractivity contribution in [3.63, 3.8) is 0 Å². The lowest BCUT2D eigenvalue weighted by atomic mass is 10.0. The highest BCUT2D eigenvalue weighted by Crippen LogP contribution is 2.18. The number of likely N-dealkylation sites (tertiary alicyclic amines) is 1. The van der Waals surface area contributed by atoms with Crippen molar-refractivity contribution >= 4 is 35.9 Å². The Morgan fingerprint density at radius 2 is 1.53 bits per heavy atom. The van der Waals surface area contributed by atoms with Crippen LogP contribution in [0.15, 0.2) is 24.3 Å². The van der Waals surface area contributed by atoms with Gasteiger partial charge in [-0.05, 0) is 79.0 Å². The number of rotatable bonds is 10. The second kappa shape index (κ2) is 14.7. The molecule has 0 spiro atoms. The lowest BCUT2D eigenvalue weighted by Gasteiger charge is -2.25. The maximum absolute atomic E-state index is 13.2. The molecule has 0 saturated carbocycles. The Labute approximate surface area is 251 Å². The van der Waals surface area contributed by atoms with Crippen LogP contribution in [-0.2, 0) is 35.1 Å². The Morgan fingerprint density at radius 1 is 0.930 bits per heavy atom. The van der Waals surface area contributed by atoms with E-state index in [0.29, 0.717) is 24.9 Å². The summed E-state index contributed by atoms with van der Waals surface area (Å²) < 4.78 is 15.6. The van der Waals surface area contributed by atoms with Gasteiger partial charge in [0.25, 0.3) is 0 Å². The van der Waals surface area contributed by atoms with Crippen molar-refractivity contribution in [1.82, 2.24) is 20.9 Å². The molecule has 1 heterocycles. The fourth-order valence-electron chi connectivity index (χ4n) is 4.11. The number of benzene rings is 1. The van der Waals surface area contributed by atoms with Crippen LogP contribution in [0, 0.1) is 0 Å². The molecule has 0 radical (unpaired) electrons. The zero-order valence-corrected chi connectivity index (χ0v) is 25.8. The minimum Gasteiger partial charge on any atom is -0.444 e. The first-order valence-electron chi connectivity index (χ1n) is 14.0. The van der Waals surface area contributed by atoms with Gasteiger partial charge in [-0.2, -0.15) is 0 Å². The topological polar surface area (TPSA) is 195 Å². The number of primary amides is 1. The number of amides is 5. The fraction of sp³-hybridized carbons (Fsp3) is 0.586. The summed E-state index contributed by atoms with van der Waals surface area (Å²) in [5.41, 5.74) is 4.40. The first kappa shape index (κ1) is 34.8. The van der Waals surface area contributed by atoms with E-state index in [-0.39, 0.29) is 18.7 Å². The number of carbonyl (C=O) groups is 6. The minimum absolute atomic E-state index is 0.00802. The van der Waals surface area contributed by atoms with Gasteiger partial charge < -0.3 is 40.8 Å². The molecular formula is C29H43N5O9. The molecule has 1 saturated heterocycles. The third-order valence-corrected chi connectivity index (χ3v) is 6.03. The number of alkyl carbamates (subject to hydrolysis) is 1. The van der Waals surface area contributed by atoms with Gasteiger partial charge in [0, 0.05) is 13.0 Å². The predicted octanol–water partition coefficient (Wildman–Crippen LogP) is 1.53. The van der Waals surface area contributed by atoms with Crippen molar-refractivity contribution in [2.75, 3.05) is 13.1 Å². The fourth-order valence-corrected chi connectivity index (χ4v) is 4.11. The lowest BCUT2D eigenvalue weighted by Crippen LogP contribution is -2.55. The zero-order valence-electron chi connectivity index (χ0n) is 25.8. The van der Waals surface area contributed by atoms with Crippen molar-refractivity contribution in [2.45, 2.75) is 97.1 Å². The molecule has 1 fully saturated rings. The molecule has 3 atom stereocenters. The zero-order chi connectivity index (χ0) is 32.5. The van der Waals surface area contributed by atoms with E-state index in [2.05, 4.69) is 16.0 Å². The predicted molar refractivity (Wildman–Crippen MR) is 155 cm³/mol. The molecule has 0 unspecified atom stereocenters. The normalized spacial score (nSPS) is 16.3. The van der Waals surface area contributed by atoms with E-state index in [1.807, 2.05) is 0 Å². The molecule has 14 heteroatoms. The smallest absolute Gasteiger partial charge is 0.444 e. The molecule has 1 aliphatic heterocycles. The summed E-state index contributed by atoms with van der Waals surface area (Å²) in [6, 6.07) is 3.31. The maximum atomic E-state index is 13.2. The summed E-state index contributed by atoms with van der Waals surface area (Å²) in [5, 5.41) is 7.53. The molecular weight excluding hydrogens is 562 g/mol. The Balaban J connectivity index is 2.04. The van der Waals surface area contributed by atoms with Crippen LogP contribution in [-0.4, -0.2) is 83.2 Å². The van der Waals surface area contributed by atoms with E-state index in [1.54, 1.807) is 53.7 Å². The van der Waals surface area contributed by atoms with E-state index in [4.69, 9.17) is 19.9 Å². The number of nitrogens with one attached hydrogen (secondary N) is 3. The first-order valence-corrected chi connectivity index (χ1v) is 14.0. The summed E-state index contributed by atoms with van der Waals surface area (Å²) in [5.74, 6) is -2.17. The van der Waals surface area contributed by atoms with Gasteiger partial charge in [-0.15, -0.1) is 0 Å². The third kappa shape index (κ3) is 12.2. The van der Waals surface area contributed by atoms with Crippen LogP contribution in [0.3, 0.4) is 0 Å². The van der Waals surface area contributed by atoms with Crippen LogP contribution < -0.4 is 26.4 Å². The summed E-state index contributed by atoms with van der Waals surface area (Å²) in [7, 11) is 0. The molecule has 1 aromatic carbocycles. The molecule has 5 N–H and O–H groups in total. The number of ether oxygens (including phenoxy) is 3. The van der Waals surface area contributed by atoms with E-state index in [9.17, 15) is 28.8 Å². The Hall–Kier alpha value is -4.36. The molecule has 0 aromatic heterocycles. The number of hydrogen-bond acceptors (Lipinski definition) is 9. The quantitative estimate of drug-likeness (QED) is 0.226. The largest absolute Gasteiger partial charge is 0.514 e. The number of carbonyl (C=O) groups excluding carboxylic acids is 6. The van der Waals surface area contributed by atoms with Crippen molar-refractivity contribution in [3.05, 3.63) is 29.8 Å². The highest BCUT2D eigenvalue weighted by atomic mass is 16.7. The first-order chi connectivity index (χ1) is 19.8. The van der Waals surface area contributed by atoms with Crippen LogP contribution in [0.1, 0.15) is 66.9 Å². The van der Waals surface area contributed by atoms with Gasteiger partial charge in [0.15, 0.2) is 0 Å². The second-order valence-corrected chi connectivity index (χ2v) is 12.2. The molecule has 2 rings (SSSR count). The van der Waals surface area contributed by atoms with Gasteiger partial charge in [-0.3, -0.25) is 19.2 Å². The van der Waals surface area contributed by atoms with Crippen molar-refractivity contribution in [2.24, 2.45) is 5.73 Å². The molecule has 14 nitrogen and oxygen atoms in total. The summed E-state index contributed by atoms with van der Waals surface area (Å²) in [6.07, 6.45) is -0.604. The lowest BCUT2D eigenvalue weighted by molar-refractivity contribution is -0.138. The van der Waals surface area contributed by atoms with Gasteiger partial charge in [0.1, 0.15) is 35.1 Å². The average molecular weight is 606 g/mol. The van der Waals surface area contributed by atoms with E-state index in [1.165, 1.54) is 24.0 Å². The van der Waals surface area contributed by atoms with Crippen LogP contribution in [0.2, 0.25) is 0 Å². The molecule has 238 valence electrons. The Kier molecular flexibility index (Phi) is 11.9. The van der Waals surface area contributed by atoms with Crippen LogP contribution in [0.5, 0.6) is 5.75 Å². The van der Waals surface area contributed by atoms with Crippen molar-refractivity contribution in [1.29, 1.82) is 0 Å². The van der Waals surface area contributed by atoms with Gasteiger partial charge in [0.2, 0.25) is 23.6 Å². The van der Waals surface area contributed by atoms with Crippen LogP contribution >= 0.6 is 0 Å². The molecule has 1 aliphatic rings. The average Bonchev–Trinajstić information content (AvgIpc) is 3.36. The highest BCUT2D eigenvalue weighted by Gasteiger charge is 2.33. The Morgan fingerprint density at radius 3 is 2.09 bits per heavy atom. The molecule has 43 heavy (non-hydrogen) atoms. The molecule has 5 amide bonds. The standard InChI is InChI=1S/C29H43N5O9/c1-17(24(37)31-16-22(35)34-14-8-9-21(34)23(30)36)32-25(38)20(33-26(39)42-28(2,3)4)15-18-10-12-19(13-11-18)41-27(40)43-29(5,6)7/h10-13,17,20-21H,8-9,14-16H2,1-7H3,(H2,30,36)(H,31,37)(H,32,38)(H,33,39)/t17-,20+,21+/m0/s1. The molecule has 0 bridgehead atoms. The summed E-state index contributed by atoms with van der Waals surface area (Å²) in [6.45, 7) is 11.6. The molecule has 1 aromatic rings. The summed E-state index contributed by atoms with van der Waals surface area (Å²) in [4.78, 5) is 75.7. The van der Waals surface area contributed by atoms with Crippen LogP contribution in [0.4, 0.5) is 9.59 Å².